The Bertz CT molecular complexity index is 1410. The van der Waals surface area contributed by atoms with Crippen LogP contribution in [0.3, 0.4) is 0 Å². The number of carbonyl (C=O) groups is 1. The van der Waals surface area contributed by atoms with Gasteiger partial charge in [0, 0.05) is 18.4 Å². The Balaban J connectivity index is 1.32. The third-order valence-electron chi connectivity index (χ3n) is 6.66. The molecule has 0 unspecified atom stereocenters. The smallest absolute Gasteiger partial charge is 0.408 e. The molecule has 1 aromatic heterocycles. The number of fused-ring (bicyclic) bond motifs is 2. The molecule has 3 aromatic rings. The number of hydrogen-bond donors (Lipinski definition) is 4. The predicted molar refractivity (Wildman–Crippen MR) is 125 cm³/mol. The van der Waals surface area contributed by atoms with Crippen molar-refractivity contribution in [2.24, 2.45) is 5.92 Å². The Morgan fingerprint density at radius 2 is 2.06 bits per heavy atom. The number of rotatable bonds is 6. The van der Waals surface area contributed by atoms with Crippen LogP contribution < -0.4 is 16.4 Å². The van der Waals surface area contributed by atoms with Crippen molar-refractivity contribution in [1.82, 2.24) is 15.2 Å². The zero-order valence-corrected chi connectivity index (χ0v) is 19.0. The van der Waals surface area contributed by atoms with Gasteiger partial charge < -0.3 is 30.0 Å². The molecule has 36 heavy (non-hydrogen) atoms. The lowest BCUT2D eigenvalue weighted by Gasteiger charge is -2.18. The minimum atomic E-state index is -2.98. The van der Waals surface area contributed by atoms with E-state index >= 15 is 0 Å². The van der Waals surface area contributed by atoms with E-state index < -0.39 is 29.5 Å². The molecule has 4 atom stereocenters. The van der Waals surface area contributed by atoms with E-state index in [1.54, 1.807) is 12.1 Å². The molecule has 2 aliphatic rings. The van der Waals surface area contributed by atoms with Gasteiger partial charge in [0.05, 0.1) is 30.8 Å². The first-order valence-electron chi connectivity index (χ1n) is 11.4. The van der Waals surface area contributed by atoms with Crippen molar-refractivity contribution in [3.63, 3.8) is 0 Å². The average Bonchev–Trinajstić information content (AvgIpc) is 3.51. The van der Waals surface area contributed by atoms with Gasteiger partial charge in [0.2, 0.25) is 5.91 Å². The summed E-state index contributed by atoms with van der Waals surface area (Å²) in [6, 6.07) is 9.62. The lowest BCUT2D eigenvalue weighted by Crippen LogP contribution is -2.47. The fraction of sp³-hybridized carbons (Fsp3) is 0.375. The van der Waals surface area contributed by atoms with E-state index in [2.05, 4.69) is 10.6 Å². The molecule has 0 aliphatic carbocycles. The molecule has 0 bridgehead atoms. The van der Waals surface area contributed by atoms with Crippen LogP contribution in [-0.4, -0.2) is 59.9 Å². The fourth-order valence-corrected chi connectivity index (χ4v) is 4.85. The highest BCUT2D eigenvalue weighted by molar-refractivity contribution is 6.11. The van der Waals surface area contributed by atoms with Gasteiger partial charge in [-0.1, -0.05) is 18.2 Å². The number of aromatic nitrogens is 1. The molecule has 2 saturated heterocycles. The molecule has 3 heterocycles. The molecule has 2 radical (unpaired) electrons. The van der Waals surface area contributed by atoms with Crippen molar-refractivity contribution in [1.29, 1.82) is 5.26 Å². The second-order valence-electron chi connectivity index (χ2n) is 9.13. The molecular weight excluding hydrogens is 470 g/mol. The van der Waals surface area contributed by atoms with Gasteiger partial charge in [-0.3, -0.25) is 4.79 Å². The molecule has 2 fully saturated rings. The van der Waals surface area contributed by atoms with E-state index in [9.17, 15) is 29.5 Å². The summed E-state index contributed by atoms with van der Waals surface area (Å²) in [6.45, 7) is 1.17. The summed E-state index contributed by atoms with van der Waals surface area (Å²) in [7, 11) is 5.25. The van der Waals surface area contributed by atoms with Crippen molar-refractivity contribution >= 4 is 24.9 Å². The van der Waals surface area contributed by atoms with Crippen LogP contribution >= 0.6 is 0 Å². The van der Waals surface area contributed by atoms with Gasteiger partial charge >= 0.3 is 5.76 Å². The second-order valence-corrected chi connectivity index (χ2v) is 9.13. The maximum Gasteiger partial charge on any atom is 0.423 e. The largest absolute Gasteiger partial charge is 0.423 e. The second kappa shape index (κ2) is 9.18. The summed E-state index contributed by atoms with van der Waals surface area (Å²) in [5.41, 5.74) is 1.21. The van der Waals surface area contributed by atoms with Gasteiger partial charge in [-0.2, -0.15) is 5.26 Å². The quantitative estimate of drug-likeness (QED) is 0.279. The summed E-state index contributed by atoms with van der Waals surface area (Å²) < 4.78 is 25.8. The van der Waals surface area contributed by atoms with E-state index in [1.165, 1.54) is 24.3 Å². The maximum atomic E-state index is 15.0. The minimum Gasteiger partial charge on any atom is -0.408 e. The molecule has 2 aromatic carbocycles. The zero-order chi connectivity index (χ0) is 25.6. The highest BCUT2D eigenvalue weighted by Gasteiger charge is 2.41. The normalized spacial score (nSPS) is 22.3. The van der Waals surface area contributed by atoms with E-state index in [-0.39, 0.29) is 41.0 Å². The van der Waals surface area contributed by atoms with Gasteiger partial charge in [0.1, 0.15) is 11.9 Å². The first kappa shape index (κ1) is 24.2. The number of oxazole rings is 1. The number of benzene rings is 2. The Kier molecular flexibility index (Phi) is 6.18. The lowest BCUT2D eigenvalue weighted by molar-refractivity contribution is -0.152. The molecule has 5 rings (SSSR count). The number of halogens is 1. The first-order chi connectivity index (χ1) is 17.1. The van der Waals surface area contributed by atoms with Crippen LogP contribution in [0.2, 0.25) is 0 Å². The molecular formula is C24H22BFN4O6. The Labute approximate surface area is 205 Å². The topological polar surface area (TPSA) is 150 Å². The lowest BCUT2D eigenvalue weighted by atomic mass is 9.99. The third-order valence-corrected chi connectivity index (χ3v) is 6.66. The van der Waals surface area contributed by atoms with Crippen LogP contribution in [0, 0.1) is 23.1 Å². The molecule has 2 aliphatic heterocycles. The van der Waals surface area contributed by atoms with Crippen LogP contribution in [-0.2, 0) is 21.8 Å². The molecule has 0 saturated carbocycles. The SMILES string of the molecule is [B]C(O)(O)n1c(=O)oc2ccc(-c3ccc(C[C@@H](C#N)NC(=O)[C@@H]4C[C@@H]5COC[C@@H]5N4)c(F)c3)cc21. The number of nitriles is 1. The minimum absolute atomic E-state index is 0.0120. The van der Waals surface area contributed by atoms with Crippen molar-refractivity contribution in [3.8, 4) is 17.2 Å². The summed E-state index contributed by atoms with van der Waals surface area (Å²) in [5.74, 6) is -4.65. The van der Waals surface area contributed by atoms with Gasteiger partial charge in [0.25, 0.3) is 0 Å². The summed E-state index contributed by atoms with van der Waals surface area (Å²) in [6.07, 6.45) is 0.604. The average molecular weight is 492 g/mol. The summed E-state index contributed by atoms with van der Waals surface area (Å²) in [4.78, 5) is 24.6. The van der Waals surface area contributed by atoms with Crippen LogP contribution in [0.1, 0.15) is 12.0 Å². The Morgan fingerprint density at radius 3 is 2.75 bits per heavy atom. The maximum absolute atomic E-state index is 15.0. The Morgan fingerprint density at radius 1 is 1.31 bits per heavy atom. The monoisotopic (exact) mass is 492 g/mol. The third kappa shape index (κ3) is 4.54. The zero-order valence-electron chi connectivity index (χ0n) is 19.0. The van der Waals surface area contributed by atoms with Crippen molar-refractivity contribution in [2.45, 2.75) is 36.8 Å². The number of ether oxygens (including phenoxy) is 1. The van der Waals surface area contributed by atoms with Crippen LogP contribution in [0.5, 0.6) is 0 Å². The molecule has 0 spiro atoms. The molecule has 184 valence electrons. The molecule has 12 heteroatoms. The predicted octanol–water partition coefficient (Wildman–Crippen LogP) is 0.0493. The number of nitrogens with zero attached hydrogens (tertiary/aromatic N) is 2. The highest BCUT2D eigenvalue weighted by Crippen LogP contribution is 2.28. The summed E-state index contributed by atoms with van der Waals surface area (Å²) >= 11 is 0. The first-order valence-corrected chi connectivity index (χ1v) is 11.4. The summed E-state index contributed by atoms with van der Waals surface area (Å²) in [5, 5.41) is 34.8. The number of aliphatic hydroxyl groups is 2. The van der Waals surface area contributed by atoms with E-state index in [4.69, 9.17) is 17.0 Å². The van der Waals surface area contributed by atoms with Gasteiger partial charge in [-0.05, 0) is 41.3 Å². The van der Waals surface area contributed by atoms with E-state index in [0.29, 0.717) is 35.3 Å². The number of carbonyl (C=O) groups excluding carboxylic acids is 1. The van der Waals surface area contributed by atoms with Crippen LogP contribution in [0.15, 0.2) is 45.6 Å². The molecule has 4 N–H and O–H groups in total. The molecule has 10 nitrogen and oxygen atoms in total. The number of hydrogen-bond acceptors (Lipinski definition) is 8. The molecule has 1 amide bonds. The fourth-order valence-electron chi connectivity index (χ4n) is 4.85. The Hall–Kier alpha value is -3.50. The van der Waals surface area contributed by atoms with Gasteiger partial charge in [0.15, 0.2) is 19.2 Å². The number of nitrogens with one attached hydrogen (secondary N) is 2. The van der Waals surface area contributed by atoms with Crippen molar-refractivity contribution < 1.29 is 28.6 Å². The van der Waals surface area contributed by atoms with E-state index in [1.807, 2.05) is 6.07 Å². The van der Waals surface area contributed by atoms with Gasteiger partial charge in [-0.15, -0.1) is 0 Å². The van der Waals surface area contributed by atoms with Crippen molar-refractivity contribution in [2.75, 3.05) is 13.2 Å². The van der Waals surface area contributed by atoms with E-state index in [0.717, 1.165) is 0 Å². The highest BCUT2D eigenvalue weighted by atomic mass is 19.1. The van der Waals surface area contributed by atoms with Crippen LogP contribution in [0.4, 0.5) is 4.39 Å². The van der Waals surface area contributed by atoms with Crippen molar-refractivity contribution in [3.05, 3.63) is 58.3 Å². The van der Waals surface area contributed by atoms with Crippen LogP contribution in [0.25, 0.3) is 22.2 Å². The van der Waals surface area contributed by atoms with Gasteiger partial charge in [-0.25, -0.2) is 13.8 Å². The number of amides is 1. The standard InChI is InChI=1S/C24H22BFN4O6/c25-24(33,34)30-20-8-13(3-4-21(20)36-23(30)32)12-1-2-14(17(26)6-12)5-16(9-27)28-22(31)18-7-15-10-35-11-19(15)29-18/h1-4,6,8,15-16,18-19,29,33-34H,5,7,10-11H2,(H,28,31)/t15-,16+,18+,19+/m1/s1.